The summed E-state index contributed by atoms with van der Waals surface area (Å²) in [6.45, 7) is 1.56. The van der Waals surface area contributed by atoms with Crippen LogP contribution in [0.2, 0.25) is 0 Å². The first-order valence-electron chi connectivity index (χ1n) is 6.82. The van der Waals surface area contributed by atoms with Crippen molar-refractivity contribution in [3.8, 4) is 0 Å². The molecule has 6 nitrogen and oxygen atoms in total. The Hall–Kier alpha value is -3.02. The number of hydrogen-bond acceptors (Lipinski definition) is 4. The van der Waals surface area contributed by atoms with Crippen molar-refractivity contribution >= 4 is 22.8 Å². The van der Waals surface area contributed by atoms with E-state index in [0.29, 0.717) is 22.5 Å². The maximum Gasteiger partial charge on any atom is 0.272 e. The minimum atomic E-state index is -0.309. The molecule has 3 rings (SSSR count). The number of rotatable bonds is 3. The van der Waals surface area contributed by atoms with E-state index < -0.39 is 0 Å². The Kier molecular flexibility index (Phi) is 3.65. The molecule has 1 N–H and O–H groups in total. The molecule has 6 heteroatoms. The molecule has 0 spiro atoms. The fourth-order valence-electron chi connectivity index (χ4n) is 2.24. The van der Waals surface area contributed by atoms with Crippen LogP contribution in [0.15, 0.2) is 53.5 Å². The molecule has 0 bridgehead atoms. The predicted molar refractivity (Wildman–Crippen MR) is 83.6 cm³/mol. The van der Waals surface area contributed by atoms with Crippen LogP contribution < -0.4 is 10.9 Å². The van der Waals surface area contributed by atoms with Crippen LogP contribution in [0.4, 0.5) is 5.82 Å². The van der Waals surface area contributed by atoms with Gasteiger partial charge in [0, 0.05) is 6.20 Å². The van der Waals surface area contributed by atoms with E-state index >= 15 is 0 Å². The second-order valence-corrected chi connectivity index (χ2v) is 4.84. The van der Waals surface area contributed by atoms with Gasteiger partial charge in [-0.3, -0.25) is 14.2 Å². The van der Waals surface area contributed by atoms with Crippen LogP contribution in [0.25, 0.3) is 11.0 Å². The molecular weight excluding hydrogens is 280 g/mol. The van der Waals surface area contributed by atoms with Crippen LogP contribution in [0.5, 0.6) is 0 Å². The lowest BCUT2D eigenvalue weighted by Crippen LogP contribution is -2.30. The zero-order chi connectivity index (χ0) is 15.5. The van der Waals surface area contributed by atoms with Crippen LogP contribution in [0.3, 0.4) is 0 Å². The fourth-order valence-corrected chi connectivity index (χ4v) is 2.24. The summed E-state index contributed by atoms with van der Waals surface area (Å²) >= 11 is 0. The van der Waals surface area contributed by atoms with Crippen molar-refractivity contribution in [1.29, 1.82) is 0 Å². The lowest BCUT2D eigenvalue weighted by molar-refractivity contribution is -0.116. The van der Waals surface area contributed by atoms with Crippen LogP contribution >= 0.6 is 0 Å². The molecule has 0 saturated heterocycles. The summed E-state index contributed by atoms with van der Waals surface area (Å²) in [4.78, 5) is 32.7. The second-order valence-electron chi connectivity index (χ2n) is 4.84. The van der Waals surface area contributed by atoms with E-state index in [1.54, 1.807) is 37.4 Å². The third-order valence-corrected chi connectivity index (χ3v) is 3.25. The molecule has 1 amide bonds. The number of carbonyl (C=O) groups excluding carboxylic acids is 1. The van der Waals surface area contributed by atoms with E-state index in [1.807, 2.05) is 18.2 Å². The van der Waals surface area contributed by atoms with Crippen LogP contribution in [-0.4, -0.2) is 20.4 Å². The molecule has 0 unspecified atom stereocenters. The highest BCUT2D eigenvalue weighted by atomic mass is 16.2. The summed E-state index contributed by atoms with van der Waals surface area (Å²) < 4.78 is 1.43. The van der Waals surface area contributed by atoms with Gasteiger partial charge in [0.05, 0.1) is 11.0 Å². The standard InChI is InChI=1S/C16H14N4O2/c1-11-16(22)20(13-7-3-2-6-12(13)18-11)10-15(21)19-14-8-4-5-9-17-14/h2-9H,10H2,1H3,(H,17,19,21). The van der Waals surface area contributed by atoms with Gasteiger partial charge in [0.25, 0.3) is 5.56 Å². The smallest absolute Gasteiger partial charge is 0.272 e. The lowest BCUT2D eigenvalue weighted by Gasteiger charge is -2.11. The average molecular weight is 294 g/mol. The zero-order valence-electron chi connectivity index (χ0n) is 12.0. The first-order valence-corrected chi connectivity index (χ1v) is 6.82. The minimum absolute atomic E-state index is 0.0840. The number of nitrogens with one attached hydrogen (secondary N) is 1. The van der Waals surface area contributed by atoms with Crippen molar-refractivity contribution in [1.82, 2.24) is 14.5 Å². The number of pyridine rings is 1. The molecule has 0 aliphatic rings. The lowest BCUT2D eigenvalue weighted by atomic mass is 10.2. The van der Waals surface area contributed by atoms with Gasteiger partial charge in [0.1, 0.15) is 18.1 Å². The highest BCUT2D eigenvalue weighted by Crippen LogP contribution is 2.10. The zero-order valence-corrected chi connectivity index (χ0v) is 12.0. The van der Waals surface area contributed by atoms with E-state index in [2.05, 4.69) is 15.3 Å². The number of anilines is 1. The molecule has 1 aromatic carbocycles. The Morgan fingerprint density at radius 3 is 2.73 bits per heavy atom. The Labute approximate surface area is 126 Å². The van der Waals surface area contributed by atoms with Gasteiger partial charge in [0.15, 0.2) is 0 Å². The van der Waals surface area contributed by atoms with Crippen molar-refractivity contribution < 1.29 is 4.79 Å². The van der Waals surface area contributed by atoms with Crippen LogP contribution in [0, 0.1) is 6.92 Å². The van der Waals surface area contributed by atoms with Gasteiger partial charge in [-0.1, -0.05) is 18.2 Å². The third-order valence-electron chi connectivity index (χ3n) is 3.25. The molecule has 0 radical (unpaired) electrons. The number of benzene rings is 1. The third kappa shape index (κ3) is 2.71. The fraction of sp³-hybridized carbons (Fsp3) is 0.125. The number of para-hydroxylation sites is 2. The van der Waals surface area contributed by atoms with E-state index in [1.165, 1.54) is 4.57 Å². The Bertz CT molecular complexity index is 888. The predicted octanol–water partition coefficient (Wildman–Crippen LogP) is 1.74. The van der Waals surface area contributed by atoms with E-state index in [-0.39, 0.29) is 18.0 Å². The van der Waals surface area contributed by atoms with Gasteiger partial charge < -0.3 is 5.32 Å². The van der Waals surface area contributed by atoms with Gasteiger partial charge in [-0.2, -0.15) is 0 Å². The van der Waals surface area contributed by atoms with Crippen molar-refractivity contribution in [2.24, 2.45) is 0 Å². The molecule has 0 fully saturated rings. The summed E-state index contributed by atoms with van der Waals surface area (Å²) in [6, 6.07) is 12.5. The van der Waals surface area contributed by atoms with Gasteiger partial charge >= 0.3 is 0 Å². The first-order chi connectivity index (χ1) is 10.6. The van der Waals surface area contributed by atoms with Crippen molar-refractivity contribution in [3.05, 3.63) is 64.7 Å². The Morgan fingerprint density at radius 2 is 1.95 bits per heavy atom. The van der Waals surface area contributed by atoms with Gasteiger partial charge in [-0.05, 0) is 31.2 Å². The monoisotopic (exact) mass is 294 g/mol. The normalized spacial score (nSPS) is 10.6. The number of aromatic nitrogens is 3. The average Bonchev–Trinajstić information content (AvgIpc) is 2.53. The largest absolute Gasteiger partial charge is 0.309 e. The molecule has 2 aromatic heterocycles. The molecule has 0 saturated carbocycles. The van der Waals surface area contributed by atoms with E-state index in [4.69, 9.17) is 0 Å². The van der Waals surface area contributed by atoms with Crippen LogP contribution in [0.1, 0.15) is 5.69 Å². The summed E-state index contributed by atoms with van der Waals surface area (Å²) in [7, 11) is 0. The van der Waals surface area contributed by atoms with Gasteiger partial charge in [0.2, 0.25) is 5.91 Å². The quantitative estimate of drug-likeness (QED) is 0.798. The van der Waals surface area contributed by atoms with Gasteiger partial charge in [-0.15, -0.1) is 0 Å². The second kappa shape index (κ2) is 5.77. The first kappa shape index (κ1) is 13.9. The molecule has 0 aliphatic heterocycles. The summed E-state index contributed by atoms with van der Waals surface area (Å²) in [5.74, 6) is 0.146. The van der Waals surface area contributed by atoms with E-state index in [9.17, 15) is 9.59 Å². The number of hydrogen-bond donors (Lipinski definition) is 1. The highest BCUT2D eigenvalue weighted by Gasteiger charge is 2.11. The number of aryl methyl sites for hydroxylation is 1. The Balaban J connectivity index is 1.95. The van der Waals surface area contributed by atoms with Gasteiger partial charge in [-0.25, -0.2) is 9.97 Å². The maximum atomic E-state index is 12.3. The molecule has 110 valence electrons. The van der Waals surface area contributed by atoms with Crippen LogP contribution in [-0.2, 0) is 11.3 Å². The molecule has 0 aliphatic carbocycles. The summed E-state index contributed by atoms with van der Waals surface area (Å²) in [5, 5.41) is 2.67. The molecule has 2 heterocycles. The molecule has 22 heavy (non-hydrogen) atoms. The molecule has 0 atom stereocenters. The van der Waals surface area contributed by atoms with E-state index in [0.717, 1.165) is 0 Å². The van der Waals surface area contributed by atoms with Crippen molar-refractivity contribution in [2.45, 2.75) is 13.5 Å². The van der Waals surface area contributed by atoms with Crippen molar-refractivity contribution in [3.63, 3.8) is 0 Å². The Morgan fingerprint density at radius 1 is 1.18 bits per heavy atom. The summed E-state index contributed by atoms with van der Waals surface area (Å²) in [6.07, 6.45) is 1.59. The maximum absolute atomic E-state index is 12.3. The number of amides is 1. The number of fused-ring (bicyclic) bond motifs is 1. The topological polar surface area (TPSA) is 76.9 Å². The van der Waals surface area contributed by atoms with Crippen molar-refractivity contribution in [2.75, 3.05) is 5.32 Å². The highest BCUT2D eigenvalue weighted by molar-refractivity contribution is 5.90. The number of carbonyl (C=O) groups is 1. The summed E-state index contributed by atoms with van der Waals surface area (Å²) in [5.41, 5.74) is 1.42. The minimum Gasteiger partial charge on any atom is -0.309 e. The molecule has 3 aromatic rings. The molecular formula is C16H14N4O2. The number of nitrogens with zero attached hydrogens (tertiary/aromatic N) is 3. The SMILES string of the molecule is Cc1nc2ccccc2n(CC(=O)Nc2ccccn2)c1=O.